The summed E-state index contributed by atoms with van der Waals surface area (Å²) in [7, 11) is 1.69. The van der Waals surface area contributed by atoms with Crippen molar-refractivity contribution in [3.63, 3.8) is 0 Å². The van der Waals surface area contributed by atoms with Crippen LogP contribution in [-0.2, 0) is 5.41 Å². The van der Waals surface area contributed by atoms with Gasteiger partial charge in [0, 0.05) is 29.3 Å². The quantitative estimate of drug-likeness (QED) is 0.547. The van der Waals surface area contributed by atoms with Gasteiger partial charge in [-0.1, -0.05) is 49.0 Å². The van der Waals surface area contributed by atoms with E-state index in [1.54, 1.807) is 7.11 Å². The van der Waals surface area contributed by atoms with Crippen LogP contribution in [0.3, 0.4) is 0 Å². The molecule has 2 fully saturated rings. The minimum Gasteiger partial charge on any atom is -0.496 e. The molecular weight excluding hydrogens is 396 g/mol. The maximum atomic E-state index is 6.16. The zero-order valence-corrected chi connectivity index (χ0v) is 19.5. The molecule has 1 aliphatic heterocycles. The molecule has 2 aromatic carbocycles. The fourth-order valence-electron chi connectivity index (χ4n) is 4.70. The Bertz CT molecular complexity index is 825. The summed E-state index contributed by atoms with van der Waals surface area (Å²) in [5, 5.41) is 6.74. The second-order valence-corrected chi connectivity index (χ2v) is 9.07. The Balaban J connectivity index is 0.000000352. The first-order valence-electron chi connectivity index (χ1n) is 11.9. The van der Waals surface area contributed by atoms with Crippen molar-refractivity contribution in [2.75, 3.05) is 20.2 Å². The number of nitrogens with two attached hydrogens (primary N) is 2. The summed E-state index contributed by atoms with van der Waals surface area (Å²) in [4.78, 5) is 0. The highest BCUT2D eigenvalue weighted by Gasteiger charge is 2.36. The molecule has 174 valence electrons. The monoisotopic (exact) mass is 436 g/mol. The number of piperidine rings is 1. The summed E-state index contributed by atoms with van der Waals surface area (Å²) >= 11 is 0. The van der Waals surface area contributed by atoms with E-state index >= 15 is 0 Å². The smallest absolute Gasteiger partial charge is 0.128 e. The van der Waals surface area contributed by atoms with Crippen molar-refractivity contribution >= 4 is 5.70 Å². The molecular formula is C27H40N4O. The van der Waals surface area contributed by atoms with Crippen LogP contribution in [0.15, 0.2) is 61.2 Å². The molecule has 5 nitrogen and oxygen atoms in total. The number of methoxy groups -OCH3 is 1. The van der Waals surface area contributed by atoms with Gasteiger partial charge in [0.2, 0.25) is 0 Å². The van der Waals surface area contributed by atoms with Crippen LogP contribution in [0.5, 0.6) is 5.75 Å². The Kier molecular flexibility index (Phi) is 9.15. The molecule has 1 aliphatic carbocycles. The van der Waals surface area contributed by atoms with Gasteiger partial charge < -0.3 is 26.8 Å². The molecule has 32 heavy (non-hydrogen) atoms. The van der Waals surface area contributed by atoms with Gasteiger partial charge in [0.25, 0.3) is 0 Å². The van der Waals surface area contributed by atoms with Gasteiger partial charge in [-0.25, -0.2) is 0 Å². The highest BCUT2D eigenvalue weighted by molar-refractivity contribution is 5.67. The first kappa shape index (κ1) is 24.3. The Morgan fingerprint density at radius 1 is 1.03 bits per heavy atom. The van der Waals surface area contributed by atoms with E-state index < -0.39 is 0 Å². The normalized spacial score (nSPS) is 25.2. The lowest BCUT2D eigenvalue weighted by molar-refractivity contribution is 0.268. The van der Waals surface area contributed by atoms with Crippen molar-refractivity contribution in [3.8, 4) is 5.75 Å². The van der Waals surface area contributed by atoms with Gasteiger partial charge in [-0.15, -0.1) is 0 Å². The predicted octanol–water partition coefficient (Wildman–Crippen LogP) is 4.14. The Morgan fingerprint density at radius 3 is 2.31 bits per heavy atom. The third-order valence-corrected chi connectivity index (χ3v) is 6.79. The number of para-hydroxylation sites is 1. The highest BCUT2D eigenvalue weighted by atomic mass is 16.5. The lowest BCUT2D eigenvalue weighted by Gasteiger charge is -2.40. The minimum absolute atomic E-state index is 0.113. The predicted molar refractivity (Wildman–Crippen MR) is 134 cm³/mol. The van der Waals surface area contributed by atoms with E-state index in [-0.39, 0.29) is 11.6 Å². The van der Waals surface area contributed by atoms with E-state index in [0.717, 1.165) is 62.2 Å². The van der Waals surface area contributed by atoms with E-state index in [1.807, 2.05) is 24.3 Å². The topological polar surface area (TPSA) is 85.3 Å². The minimum atomic E-state index is 0.113. The second-order valence-electron chi connectivity index (χ2n) is 9.07. The van der Waals surface area contributed by atoms with Gasteiger partial charge in [0.15, 0.2) is 0 Å². The molecule has 2 aliphatic rings. The summed E-state index contributed by atoms with van der Waals surface area (Å²) in [6, 6.07) is 19.1. The summed E-state index contributed by atoms with van der Waals surface area (Å²) in [6.45, 7) is 6.22. The van der Waals surface area contributed by atoms with Gasteiger partial charge in [-0.3, -0.25) is 0 Å². The first-order valence-corrected chi connectivity index (χ1v) is 11.9. The highest BCUT2D eigenvalue weighted by Crippen LogP contribution is 2.39. The van der Waals surface area contributed by atoms with Crippen LogP contribution < -0.4 is 26.8 Å². The molecule has 0 amide bonds. The maximum absolute atomic E-state index is 6.16. The summed E-state index contributed by atoms with van der Waals surface area (Å²) < 4.78 is 5.46. The van der Waals surface area contributed by atoms with Crippen LogP contribution in [0, 0.1) is 0 Å². The van der Waals surface area contributed by atoms with Gasteiger partial charge in [0.05, 0.1) is 13.3 Å². The molecule has 0 aromatic heterocycles. The van der Waals surface area contributed by atoms with Crippen molar-refractivity contribution < 1.29 is 4.74 Å². The number of hydrogen-bond acceptors (Lipinski definition) is 5. The molecule has 0 bridgehead atoms. The average molecular weight is 437 g/mol. The molecule has 0 spiro atoms. The van der Waals surface area contributed by atoms with E-state index in [1.165, 1.54) is 18.4 Å². The third kappa shape index (κ3) is 6.58. The van der Waals surface area contributed by atoms with Crippen LogP contribution in [0.4, 0.5) is 0 Å². The van der Waals surface area contributed by atoms with Crippen molar-refractivity contribution in [3.05, 3.63) is 72.3 Å². The van der Waals surface area contributed by atoms with Crippen LogP contribution in [-0.4, -0.2) is 32.4 Å². The van der Waals surface area contributed by atoms with Crippen molar-refractivity contribution in [2.45, 2.75) is 62.6 Å². The fourth-order valence-corrected chi connectivity index (χ4v) is 4.70. The number of nitrogens with one attached hydrogen (secondary N) is 2. The molecule has 1 heterocycles. The lowest BCUT2D eigenvalue weighted by Crippen LogP contribution is -2.43. The first-order chi connectivity index (χ1) is 15.5. The van der Waals surface area contributed by atoms with Crippen molar-refractivity contribution in [1.82, 2.24) is 10.6 Å². The van der Waals surface area contributed by atoms with Gasteiger partial charge in [-0.05, 0) is 69.2 Å². The molecule has 1 unspecified atom stereocenters. The molecule has 1 saturated heterocycles. The number of rotatable bonds is 6. The number of benzene rings is 2. The van der Waals surface area contributed by atoms with Crippen molar-refractivity contribution in [2.24, 2.45) is 11.5 Å². The van der Waals surface area contributed by atoms with E-state index in [2.05, 4.69) is 47.5 Å². The van der Waals surface area contributed by atoms with E-state index in [0.29, 0.717) is 6.04 Å². The summed E-state index contributed by atoms with van der Waals surface area (Å²) in [5.41, 5.74) is 15.1. The third-order valence-electron chi connectivity index (χ3n) is 6.79. The summed E-state index contributed by atoms with van der Waals surface area (Å²) in [5.74, 6) is 0.847. The Labute approximate surface area is 193 Å². The number of ether oxygens (including phenoxy) is 1. The summed E-state index contributed by atoms with van der Waals surface area (Å²) in [6.07, 6.45) is 8.38. The van der Waals surface area contributed by atoms with E-state index in [4.69, 9.17) is 16.2 Å². The van der Waals surface area contributed by atoms with E-state index in [9.17, 15) is 0 Å². The van der Waals surface area contributed by atoms with Gasteiger partial charge in [0.1, 0.15) is 5.75 Å². The Hall–Kier alpha value is -2.34. The van der Waals surface area contributed by atoms with Crippen LogP contribution in [0.2, 0.25) is 0 Å². The zero-order valence-electron chi connectivity index (χ0n) is 19.5. The molecule has 4 rings (SSSR count). The van der Waals surface area contributed by atoms with Gasteiger partial charge in [-0.2, -0.15) is 0 Å². The maximum Gasteiger partial charge on any atom is 0.128 e. The molecule has 6 N–H and O–H groups in total. The molecule has 2 aromatic rings. The number of hydrogen-bond donors (Lipinski definition) is 4. The molecule has 0 radical (unpaired) electrons. The standard InChI is InChI=1S/C22H28N2O.C5H12N2/c1-17(20-10-6-7-11-21(20)25-2)24-16-22(14-12-19(23)13-15-22)18-8-4-3-5-9-18;6-5-3-1-2-4-7-5/h3-11,19,24H,1,12-16,23H2,2H3;5,7H,1-4,6H2. The van der Waals surface area contributed by atoms with Crippen molar-refractivity contribution in [1.29, 1.82) is 0 Å². The zero-order chi connectivity index (χ0) is 22.8. The molecule has 1 saturated carbocycles. The second kappa shape index (κ2) is 12.0. The largest absolute Gasteiger partial charge is 0.496 e. The molecule has 1 atom stereocenters. The molecule has 5 heteroatoms. The van der Waals surface area contributed by atoms with Crippen LogP contribution in [0.1, 0.15) is 56.1 Å². The lowest BCUT2D eigenvalue weighted by atomic mass is 9.68. The van der Waals surface area contributed by atoms with Gasteiger partial charge >= 0.3 is 0 Å². The Morgan fingerprint density at radius 2 is 1.72 bits per heavy atom. The SMILES string of the molecule is C=C(NCC1(c2ccccc2)CCC(N)CC1)c1ccccc1OC.NC1CCCCN1. The van der Waals surface area contributed by atoms with Crippen LogP contribution >= 0.6 is 0 Å². The van der Waals surface area contributed by atoms with Crippen LogP contribution in [0.25, 0.3) is 5.70 Å². The fraction of sp³-hybridized carbons (Fsp3) is 0.481. The average Bonchev–Trinajstić information content (AvgIpc) is 2.85.